The van der Waals surface area contributed by atoms with E-state index in [0.717, 1.165) is 5.56 Å². The van der Waals surface area contributed by atoms with Gasteiger partial charge in [-0.3, -0.25) is 14.6 Å². The van der Waals surface area contributed by atoms with Crippen LogP contribution in [-0.2, 0) is 25.7 Å². The summed E-state index contributed by atoms with van der Waals surface area (Å²) in [4.78, 5) is 26.6. The number of primary amides is 1. The Morgan fingerprint density at radius 2 is 2.11 bits per heavy atom. The van der Waals surface area contributed by atoms with Crippen molar-refractivity contribution in [3.63, 3.8) is 0 Å². The number of amides is 1. The van der Waals surface area contributed by atoms with E-state index >= 15 is 0 Å². The molecule has 0 saturated carbocycles. The lowest BCUT2D eigenvalue weighted by molar-refractivity contribution is -0.140. The summed E-state index contributed by atoms with van der Waals surface area (Å²) in [6.07, 6.45) is 3.72. The molecule has 154 valence electrons. The first-order valence-corrected chi connectivity index (χ1v) is 10.3. The second kappa shape index (κ2) is 11.7. The Morgan fingerprint density at radius 1 is 1.39 bits per heavy atom. The second-order valence-electron chi connectivity index (χ2n) is 7.26. The van der Waals surface area contributed by atoms with Crippen LogP contribution in [0.3, 0.4) is 0 Å². The van der Waals surface area contributed by atoms with Crippen molar-refractivity contribution in [2.24, 2.45) is 5.73 Å². The van der Waals surface area contributed by atoms with Crippen LogP contribution in [0.15, 0.2) is 18.3 Å². The lowest BCUT2D eigenvalue weighted by atomic mass is 10.1. The smallest absolute Gasteiger partial charge is 0.305 e. The third-order valence-electron chi connectivity index (χ3n) is 3.77. The van der Waals surface area contributed by atoms with Crippen molar-refractivity contribution in [1.82, 2.24) is 9.71 Å². The first kappa shape index (κ1) is 24.0. The fourth-order valence-corrected chi connectivity index (χ4v) is 3.01. The number of nitrogens with two attached hydrogens (primary N) is 1. The normalized spacial score (nSPS) is 13.2. The highest BCUT2D eigenvalue weighted by molar-refractivity contribution is 7.90. The molecule has 0 aliphatic carbocycles. The number of unbranched alkanes of at least 4 members (excludes halogenated alkanes) is 1. The molecule has 0 bridgehead atoms. The van der Waals surface area contributed by atoms with Crippen LogP contribution in [-0.4, -0.2) is 33.3 Å². The Labute approximate surface area is 170 Å². The van der Waals surface area contributed by atoms with E-state index < -0.39 is 22.0 Å². The molecule has 1 heterocycles. The van der Waals surface area contributed by atoms with Gasteiger partial charge in [-0.15, -0.1) is 4.72 Å². The Balaban J connectivity index is 2.86. The monoisotopic (exact) mass is 407 g/mol. The molecule has 1 amide bonds. The Kier molecular flexibility index (Phi) is 10.0. The number of esters is 1. The van der Waals surface area contributed by atoms with Gasteiger partial charge < -0.3 is 15.0 Å². The minimum absolute atomic E-state index is 0.157. The molecule has 7 nitrogen and oxygen atoms in total. The number of rotatable bonds is 9. The van der Waals surface area contributed by atoms with Crippen LogP contribution >= 0.6 is 0 Å². The third kappa shape index (κ3) is 9.22. The Hall–Kier alpha value is -2.08. The molecule has 0 aromatic carbocycles. The van der Waals surface area contributed by atoms with Gasteiger partial charge in [-0.2, -0.15) is 0 Å². The minimum Gasteiger partial charge on any atom is -0.598 e. The van der Waals surface area contributed by atoms with Gasteiger partial charge in [0.2, 0.25) is 5.91 Å². The van der Waals surface area contributed by atoms with Crippen LogP contribution in [0.25, 0.3) is 0 Å². The molecule has 0 aliphatic rings. The fraction of sp³-hybridized carbons (Fsp3) is 0.550. The van der Waals surface area contributed by atoms with Crippen molar-refractivity contribution >= 4 is 23.2 Å². The molecule has 2 atom stereocenters. The minimum atomic E-state index is -1.32. The van der Waals surface area contributed by atoms with Gasteiger partial charge in [0.25, 0.3) is 0 Å². The largest absolute Gasteiger partial charge is 0.598 e. The van der Waals surface area contributed by atoms with Gasteiger partial charge in [-0.05, 0) is 45.7 Å². The number of carbonyl (C=O) groups is 2. The number of aromatic nitrogens is 1. The third-order valence-corrected chi connectivity index (χ3v) is 5.38. The molecular formula is C20H29N3O4S. The van der Waals surface area contributed by atoms with Crippen molar-refractivity contribution in [3.05, 3.63) is 29.6 Å². The molecule has 0 spiro atoms. The van der Waals surface area contributed by atoms with E-state index in [-0.39, 0.29) is 18.4 Å². The zero-order valence-corrected chi connectivity index (χ0v) is 17.7. The maximum atomic E-state index is 12.5. The van der Waals surface area contributed by atoms with E-state index in [1.807, 2.05) is 26.8 Å². The first-order chi connectivity index (χ1) is 13.1. The molecule has 1 rings (SSSR count). The molecule has 0 fully saturated rings. The molecule has 8 heteroatoms. The molecule has 1 unspecified atom stereocenters. The first-order valence-electron chi connectivity index (χ1n) is 9.11. The van der Waals surface area contributed by atoms with Gasteiger partial charge in [0.1, 0.15) is 4.75 Å². The highest BCUT2D eigenvalue weighted by Gasteiger charge is 2.30. The highest BCUT2D eigenvalue weighted by Crippen LogP contribution is 2.23. The van der Waals surface area contributed by atoms with Gasteiger partial charge in [0.15, 0.2) is 0 Å². The van der Waals surface area contributed by atoms with Crippen molar-refractivity contribution < 1.29 is 18.9 Å². The van der Waals surface area contributed by atoms with Gasteiger partial charge in [0.05, 0.1) is 18.8 Å². The Morgan fingerprint density at radius 3 is 2.71 bits per heavy atom. The highest BCUT2D eigenvalue weighted by atomic mass is 32.2. The van der Waals surface area contributed by atoms with Crippen LogP contribution in [0.5, 0.6) is 0 Å². The molecular weight excluding hydrogens is 378 g/mol. The van der Waals surface area contributed by atoms with Crippen molar-refractivity contribution in [2.45, 2.75) is 63.7 Å². The predicted molar refractivity (Wildman–Crippen MR) is 109 cm³/mol. The van der Waals surface area contributed by atoms with Crippen molar-refractivity contribution in [1.29, 1.82) is 0 Å². The maximum Gasteiger partial charge on any atom is 0.305 e. The number of hydrogen-bond donors (Lipinski definition) is 2. The zero-order chi connectivity index (χ0) is 21.2. The summed E-state index contributed by atoms with van der Waals surface area (Å²) in [6.45, 7) is 5.60. The van der Waals surface area contributed by atoms with E-state index in [9.17, 15) is 14.1 Å². The number of methoxy groups -OCH3 is 1. The molecule has 1 aromatic heterocycles. The van der Waals surface area contributed by atoms with Gasteiger partial charge in [-0.25, -0.2) is 0 Å². The maximum absolute atomic E-state index is 12.5. The van der Waals surface area contributed by atoms with E-state index in [2.05, 4.69) is 26.3 Å². The van der Waals surface area contributed by atoms with Crippen molar-refractivity contribution in [2.75, 3.05) is 7.11 Å². The van der Waals surface area contributed by atoms with E-state index in [4.69, 9.17) is 5.73 Å². The Bertz CT molecular complexity index is 722. The standard InChI is InChI=1S/C20H29N3O4S/c1-20(2,3)28(26)23-16(10-11-18(21)24)17-14-15(12-13-22-17)8-6-5-7-9-19(25)27-4/h12-14,16,23H,5,7,9-11H2,1-4H3,(H2,21,24)/t16-,28?/m0/s1. The van der Waals surface area contributed by atoms with E-state index in [1.165, 1.54) is 7.11 Å². The summed E-state index contributed by atoms with van der Waals surface area (Å²) in [5.74, 6) is 5.40. The number of pyridine rings is 1. The van der Waals surface area contributed by atoms with Crippen LogP contribution in [0.1, 0.15) is 70.2 Å². The summed E-state index contributed by atoms with van der Waals surface area (Å²) in [6, 6.07) is 3.21. The fourth-order valence-electron chi connectivity index (χ4n) is 2.16. The summed E-state index contributed by atoms with van der Waals surface area (Å²) in [7, 11) is 1.36. The summed E-state index contributed by atoms with van der Waals surface area (Å²) < 4.78 is 19.7. The van der Waals surface area contributed by atoms with Crippen LogP contribution in [0.4, 0.5) is 0 Å². The lowest BCUT2D eigenvalue weighted by Gasteiger charge is -2.27. The SMILES string of the molecule is COC(=O)CCCC#Cc1ccnc([C@H](CCC(N)=O)N[S+]([O-])C(C)(C)C)c1. The quantitative estimate of drug-likeness (QED) is 0.280. The molecule has 0 saturated heterocycles. The zero-order valence-electron chi connectivity index (χ0n) is 16.9. The molecule has 28 heavy (non-hydrogen) atoms. The summed E-state index contributed by atoms with van der Waals surface area (Å²) in [5, 5.41) is 0. The average Bonchev–Trinajstić information content (AvgIpc) is 2.63. The topological polar surface area (TPSA) is 117 Å². The average molecular weight is 408 g/mol. The van der Waals surface area contributed by atoms with E-state index in [0.29, 0.717) is 31.4 Å². The molecule has 1 aromatic rings. The number of carbonyl (C=O) groups excluding carboxylic acids is 2. The number of hydrogen-bond acceptors (Lipinski definition) is 6. The van der Waals surface area contributed by atoms with Crippen LogP contribution in [0.2, 0.25) is 0 Å². The van der Waals surface area contributed by atoms with Gasteiger partial charge in [0, 0.05) is 42.4 Å². The molecule has 0 aliphatic heterocycles. The number of ether oxygens (including phenoxy) is 1. The number of nitrogens with one attached hydrogen (secondary N) is 1. The van der Waals surface area contributed by atoms with E-state index in [1.54, 1.807) is 12.3 Å². The molecule has 0 radical (unpaired) electrons. The summed E-state index contributed by atoms with van der Waals surface area (Å²) >= 11 is -1.32. The predicted octanol–water partition coefficient (Wildman–Crippen LogP) is 2.13. The molecule has 3 N–H and O–H groups in total. The van der Waals surface area contributed by atoms with Gasteiger partial charge in [-0.1, -0.05) is 11.8 Å². The van der Waals surface area contributed by atoms with Crippen molar-refractivity contribution in [3.8, 4) is 11.8 Å². The number of nitrogens with zero attached hydrogens (tertiary/aromatic N) is 1. The lowest BCUT2D eigenvalue weighted by Crippen LogP contribution is -2.41. The van der Waals surface area contributed by atoms with Gasteiger partial charge >= 0.3 is 5.97 Å². The summed E-state index contributed by atoms with van der Waals surface area (Å²) in [5.41, 5.74) is 6.69. The van der Waals surface area contributed by atoms with Crippen LogP contribution in [0, 0.1) is 11.8 Å². The second-order valence-corrected chi connectivity index (χ2v) is 9.26. The van der Waals surface area contributed by atoms with Crippen LogP contribution < -0.4 is 10.5 Å².